The van der Waals surface area contributed by atoms with Crippen LogP contribution in [0.15, 0.2) is 12.2 Å². The Kier molecular flexibility index (Phi) is 71.0. The second-order valence-corrected chi connectivity index (χ2v) is 26.3. The van der Waals surface area contributed by atoms with Crippen molar-refractivity contribution in [2.45, 2.75) is 451 Å². The van der Waals surface area contributed by atoms with Gasteiger partial charge in [0.25, 0.3) is 0 Å². The first-order valence-corrected chi connectivity index (χ1v) is 38.2. The van der Waals surface area contributed by atoms with Gasteiger partial charge in [0.1, 0.15) is 13.2 Å². The van der Waals surface area contributed by atoms with Gasteiger partial charge >= 0.3 is 17.9 Å². The molecule has 0 bridgehead atoms. The summed E-state index contributed by atoms with van der Waals surface area (Å²) in [5.41, 5.74) is 0. The second-order valence-electron chi connectivity index (χ2n) is 26.3. The van der Waals surface area contributed by atoms with Crippen LogP contribution < -0.4 is 0 Å². The third-order valence-electron chi connectivity index (χ3n) is 17.8. The molecule has 0 aromatic rings. The maximum atomic E-state index is 13.0. The molecule has 83 heavy (non-hydrogen) atoms. The fourth-order valence-electron chi connectivity index (χ4n) is 12.0. The van der Waals surface area contributed by atoms with Gasteiger partial charge in [-0.15, -0.1) is 0 Å². The highest BCUT2D eigenvalue weighted by molar-refractivity contribution is 5.71. The van der Waals surface area contributed by atoms with E-state index in [0.29, 0.717) is 19.3 Å². The first-order valence-electron chi connectivity index (χ1n) is 38.2. The van der Waals surface area contributed by atoms with Gasteiger partial charge in [0.2, 0.25) is 0 Å². The molecule has 0 aliphatic heterocycles. The van der Waals surface area contributed by atoms with Crippen LogP contribution in [0.2, 0.25) is 0 Å². The zero-order valence-electron chi connectivity index (χ0n) is 56.8. The molecule has 0 aliphatic rings. The average Bonchev–Trinajstić information content (AvgIpc) is 3.48. The van der Waals surface area contributed by atoms with Crippen molar-refractivity contribution in [3.8, 4) is 0 Å². The maximum Gasteiger partial charge on any atom is 0.306 e. The van der Waals surface area contributed by atoms with E-state index in [2.05, 4.69) is 32.9 Å². The Balaban J connectivity index is 4.10. The van der Waals surface area contributed by atoms with Gasteiger partial charge in [-0.1, -0.05) is 392 Å². The van der Waals surface area contributed by atoms with Gasteiger partial charge in [-0.2, -0.15) is 0 Å². The van der Waals surface area contributed by atoms with Gasteiger partial charge in [0, 0.05) is 19.3 Å². The van der Waals surface area contributed by atoms with Crippen molar-refractivity contribution < 1.29 is 28.6 Å². The Hall–Kier alpha value is -1.85. The van der Waals surface area contributed by atoms with Gasteiger partial charge < -0.3 is 14.2 Å². The Labute approximate surface area is 520 Å². The van der Waals surface area contributed by atoms with Crippen LogP contribution in [-0.2, 0) is 28.6 Å². The largest absolute Gasteiger partial charge is 0.462 e. The lowest BCUT2D eigenvalue weighted by atomic mass is 10.0. The number of allylic oxidation sites excluding steroid dienone is 2. The van der Waals surface area contributed by atoms with Gasteiger partial charge in [-0.25, -0.2) is 0 Å². The fraction of sp³-hybridized carbons (Fsp3) is 0.935. The van der Waals surface area contributed by atoms with E-state index in [4.69, 9.17) is 14.2 Å². The number of hydrogen-bond donors (Lipinski definition) is 0. The topological polar surface area (TPSA) is 78.9 Å². The monoisotopic (exact) mass is 1170 g/mol. The highest BCUT2D eigenvalue weighted by Crippen LogP contribution is 2.20. The summed E-state index contributed by atoms with van der Waals surface area (Å²) >= 11 is 0. The van der Waals surface area contributed by atoms with Crippen LogP contribution in [0, 0.1) is 0 Å². The molecular weight excluding hydrogens is 1020 g/mol. The maximum absolute atomic E-state index is 13.0. The zero-order chi connectivity index (χ0) is 59.9. The van der Waals surface area contributed by atoms with Gasteiger partial charge in [0.05, 0.1) is 0 Å². The van der Waals surface area contributed by atoms with E-state index in [0.717, 1.165) is 57.8 Å². The van der Waals surface area contributed by atoms with E-state index in [-0.39, 0.29) is 31.1 Å². The van der Waals surface area contributed by atoms with E-state index in [1.807, 2.05) is 0 Å². The summed E-state index contributed by atoms with van der Waals surface area (Å²) in [4.78, 5) is 38.4. The van der Waals surface area contributed by atoms with E-state index in [9.17, 15) is 14.4 Å². The van der Waals surface area contributed by atoms with Gasteiger partial charge in [0.15, 0.2) is 6.10 Å². The van der Waals surface area contributed by atoms with E-state index in [1.54, 1.807) is 0 Å². The Morgan fingerprint density at radius 1 is 0.229 bits per heavy atom. The minimum Gasteiger partial charge on any atom is -0.462 e. The molecule has 0 heterocycles. The first kappa shape index (κ1) is 81.2. The Bertz CT molecular complexity index is 1300. The molecular formula is C77H148O6. The summed E-state index contributed by atoms with van der Waals surface area (Å²) in [6.07, 6.45) is 88.5. The van der Waals surface area contributed by atoms with Crippen LogP contribution in [0.3, 0.4) is 0 Å². The number of carbonyl (C=O) groups is 3. The van der Waals surface area contributed by atoms with E-state index >= 15 is 0 Å². The lowest BCUT2D eigenvalue weighted by Gasteiger charge is -2.18. The Morgan fingerprint density at radius 3 is 0.602 bits per heavy atom. The van der Waals surface area contributed by atoms with E-state index < -0.39 is 6.10 Å². The van der Waals surface area contributed by atoms with Crippen LogP contribution >= 0.6 is 0 Å². The van der Waals surface area contributed by atoms with Crippen LogP contribution in [0.4, 0.5) is 0 Å². The lowest BCUT2D eigenvalue weighted by Crippen LogP contribution is -2.30. The van der Waals surface area contributed by atoms with Crippen LogP contribution in [0.5, 0.6) is 0 Å². The van der Waals surface area contributed by atoms with Crippen molar-refractivity contribution >= 4 is 17.9 Å². The van der Waals surface area contributed by atoms with Crippen molar-refractivity contribution in [3.05, 3.63) is 12.2 Å². The molecule has 492 valence electrons. The molecule has 0 aromatic carbocycles. The van der Waals surface area contributed by atoms with Crippen molar-refractivity contribution in [2.24, 2.45) is 0 Å². The summed E-state index contributed by atoms with van der Waals surface area (Å²) < 4.78 is 17.0. The summed E-state index contributed by atoms with van der Waals surface area (Å²) in [6, 6.07) is 0. The minimum atomic E-state index is -0.766. The number of ether oxygens (including phenoxy) is 3. The Morgan fingerprint density at radius 2 is 0.398 bits per heavy atom. The molecule has 0 aliphatic carbocycles. The van der Waals surface area contributed by atoms with Crippen molar-refractivity contribution in [2.75, 3.05) is 13.2 Å². The normalized spacial score (nSPS) is 12.0. The standard InChI is InChI=1S/C77H148O6/c1-4-7-10-13-16-19-22-24-26-28-30-32-34-36-37-38-39-41-42-44-46-48-50-52-55-58-61-64-67-70-76(79)82-73-74(72-81-75(78)69-66-63-60-57-54-21-18-15-12-9-6-3)83-77(80)71-68-65-62-59-56-53-51-49-47-45-43-40-35-33-31-29-27-25-23-20-17-14-11-8-5-2/h29,31,74H,4-28,30,32-73H2,1-3H3/b31-29-. The number of hydrogen-bond acceptors (Lipinski definition) is 6. The predicted octanol–water partition coefficient (Wildman–Crippen LogP) is 26.3. The summed E-state index contributed by atoms with van der Waals surface area (Å²) in [6.45, 7) is 6.73. The molecule has 0 saturated heterocycles. The molecule has 0 N–H and O–H groups in total. The molecule has 1 unspecified atom stereocenters. The van der Waals surface area contributed by atoms with Gasteiger partial charge in [-0.05, 0) is 44.9 Å². The number of unbranched alkanes of at least 4 members (excludes halogenated alkanes) is 59. The average molecular weight is 1170 g/mol. The van der Waals surface area contributed by atoms with Gasteiger partial charge in [-0.3, -0.25) is 14.4 Å². The molecule has 0 amide bonds. The minimum absolute atomic E-state index is 0.0626. The molecule has 0 radical (unpaired) electrons. The molecule has 6 heteroatoms. The molecule has 0 rings (SSSR count). The third-order valence-corrected chi connectivity index (χ3v) is 17.8. The van der Waals surface area contributed by atoms with Crippen LogP contribution in [0.1, 0.15) is 445 Å². The van der Waals surface area contributed by atoms with Crippen molar-refractivity contribution in [1.82, 2.24) is 0 Å². The molecule has 0 fully saturated rings. The molecule has 0 spiro atoms. The smallest absolute Gasteiger partial charge is 0.306 e. The van der Waals surface area contributed by atoms with Crippen molar-refractivity contribution in [1.29, 1.82) is 0 Å². The molecule has 0 saturated carbocycles. The molecule has 6 nitrogen and oxygen atoms in total. The van der Waals surface area contributed by atoms with Crippen LogP contribution in [-0.4, -0.2) is 37.2 Å². The highest BCUT2D eigenvalue weighted by atomic mass is 16.6. The summed E-state index contributed by atoms with van der Waals surface area (Å²) in [5.74, 6) is -0.826. The fourth-order valence-corrected chi connectivity index (χ4v) is 12.0. The number of rotatable bonds is 72. The summed E-state index contributed by atoms with van der Waals surface area (Å²) in [7, 11) is 0. The highest BCUT2D eigenvalue weighted by Gasteiger charge is 2.20. The second kappa shape index (κ2) is 72.6. The quantitative estimate of drug-likeness (QED) is 0.0261. The zero-order valence-corrected chi connectivity index (χ0v) is 56.8. The van der Waals surface area contributed by atoms with Crippen molar-refractivity contribution in [3.63, 3.8) is 0 Å². The molecule has 1 atom stereocenters. The predicted molar refractivity (Wildman–Crippen MR) is 363 cm³/mol. The number of carbonyl (C=O) groups excluding carboxylic acids is 3. The van der Waals surface area contributed by atoms with Crippen LogP contribution in [0.25, 0.3) is 0 Å². The molecule has 0 aromatic heterocycles. The summed E-state index contributed by atoms with van der Waals surface area (Å²) in [5, 5.41) is 0. The SMILES string of the molecule is CCCCCCCCCC/C=C\CCCCCCCCCCCCCCCC(=O)OC(COC(=O)CCCCCCCCCCCCC)COC(=O)CCCCCCCCCCCCCCCCCCCCCCCCCCCCCCC. The number of esters is 3. The van der Waals surface area contributed by atoms with E-state index in [1.165, 1.54) is 347 Å². The third kappa shape index (κ3) is 70.8. The lowest BCUT2D eigenvalue weighted by molar-refractivity contribution is -0.167. The first-order chi connectivity index (χ1) is 41.0.